The monoisotopic (exact) mass is 478 g/mol. The molecule has 4 nitrogen and oxygen atoms in total. The van der Waals surface area contributed by atoms with Gasteiger partial charge in [-0.1, -0.05) is 42.5 Å². The molecule has 0 saturated heterocycles. The van der Waals surface area contributed by atoms with Crippen LogP contribution in [0.2, 0.25) is 0 Å². The van der Waals surface area contributed by atoms with E-state index in [4.69, 9.17) is 9.84 Å². The number of aliphatic carboxylic acids is 1. The van der Waals surface area contributed by atoms with Gasteiger partial charge < -0.3 is 9.84 Å². The van der Waals surface area contributed by atoms with Gasteiger partial charge in [-0.05, 0) is 40.7 Å². The normalized spacial score (nSPS) is 21.4. The molecule has 2 aromatic rings. The van der Waals surface area contributed by atoms with Crippen molar-refractivity contribution in [2.24, 2.45) is 0 Å². The summed E-state index contributed by atoms with van der Waals surface area (Å²) in [7, 11) is 0. The number of carboxylic acid groups (broad SMARTS) is 1. The molecule has 34 heavy (non-hydrogen) atoms. The van der Waals surface area contributed by atoms with Crippen LogP contribution in [0, 0.1) is 0 Å². The van der Waals surface area contributed by atoms with E-state index in [2.05, 4.69) is 0 Å². The fraction of sp³-hybridized carbons (Fsp3) is 0.280. The van der Waals surface area contributed by atoms with Gasteiger partial charge in [0.1, 0.15) is 0 Å². The van der Waals surface area contributed by atoms with E-state index in [-0.39, 0.29) is 12.0 Å². The lowest BCUT2D eigenvalue weighted by Gasteiger charge is -2.37. The number of fused-ring (bicyclic) bond motifs is 3. The van der Waals surface area contributed by atoms with Crippen LogP contribution in [0.5, 0.6) is 0 Å². The third-order valence-corrected chi connectivity index (χ3v) is 6.07. The van der Waals surface area contributed by atoms with Crippen molar-refractivity contribution >= 4 is 11.9 Å². The summed E-state index contributed by atoms with van der Waals surface area (Å²) in [6, 6.07) is 12.3. The summed E-state index contributed by atoms with van der Waals surface area (Å²) in [4.78, 5) is 23.0. The number of hydrogen-bond acceptors (Lipinski definition) is 3. The predicted octanol–water partition coefficient (Wildman–Crippen LogP) is 5.99. The molecule has 9 heteroatoms. The molecule has 2 unspecified atom stereocenters. The Morgan fingerprint density at radius 3 is 2.41 bits per heavy atom. The van der Waals surface area contributed by atoms with Crippen LogP contribution in [0.25, 0.3) is 11.1 Å². The minimum Gasteiger partial charge on any atom is -0.481 e. The Morgan fingerprint density at radius 1 is 0.971 bits per heavy atom. The molecule has 0 radical (unpaired) electrons. The number of rotatable bonds is 7. The zero-order chi connectivity index (χ0) is 24.6. The summed E-state index contributed by atoms with van der Waals surface area (Å²) in [5.74, 6) is -11.4. The highest BCUT2D eigenvalue weighted by Crippen LogP contribution is 2.48. The maximum Gasteiger partial charge on any atom is 0.306 e. The van der Waals surface area contributed by atoms with Gasteiger partial charge in [0.15, 0.2) is 23.3 Å². The maximum atomic E-state index is 15.2. The maximum absolute atomic E-state index is 15.2. The van der Waals surface area contributed by atoms with E-state index in [1.165, 1.54) is 6.07 Å². The van der Waals surface area contributed by atoms with Crippen molar-refractivity contribution in [2.45, 2.75) is 43.9 Å². The van der Waals surface area contributed by atoms with Crippen LogP contribution in [0.15, 0.2) is 65.8 Å². The van der Waals surface area contributed by atoms with Crippen LogP contribution >= 0.6 is 0 Å². The average Bonchev–Trinajstić information content (AvgIpc) is 3.20. The Labute approximate surface area is 191 Å². The highest BCUT2D eigenvalue weighted by Gasteiger charge is 2.56. The van der Waals surface area contributed by atoms with Gasteiger partial charge in [0.2, 0.25) is 11.8 Å². The van der Waals surface area contributed by atoms with E-state index < -0.39 is 66.3 Å². The molecule has 2 aliphatic rings. The Hall–Kier alpha value is -3.49. The summed E-state index contributed by atoms with van der Waals surface area (Å²) in [6.45, 7) is 0. The smallest absolute Gasteiger partial charge is 0.306 e. The molecule has 0 aliphatic heterocycles. The quantitative estimate of drug-likeness (QED) is 0.335. The number of carbonyl (C=O) groups excluding carboxylic acids is 1. The van der Waals surface area contributed by atoms with Crippen LogP contribution in [0.3, 0.4) is 0 Å². The molecular weight excluding hydrogens is 459 g/mol. The zero-order valence-electron chi connectivity index (χ0n) is 17.7. The molecule has 0 heterocycles. The van der Waals surface area contributed by atoms with Crippen LogP contribution in [0.1, 0.15) is 36.0 Å². The number of hydrogen-bond donors (Lipinski definition) is 1. The van der Waals surface area contributed by atoms with Gasteiger partial charge in [-0.3, -0.25) is 9.59 Å². The fourth-order valence-electron chi connectivity index (χ4n) is 4.42. The SMILES string of the molecule is O=C(O)CCCC(=O)OC1(Cc2cccc3c2Cc2ccccc2-3)C(F)=C(F)C(F)=C(F)C1F. The number of ether oxygens (including phenoxy) is 1. The summed E-state index contributed by atoms with van der Waals surface area (Å²) < 4.78 is 77.7. The summed E-state index contributed by atoms with van der Waals surface area (Å²) in [6.07, 6.45) is -4.78. The van der Waals surface area contributed by atoms with Gasteiger partial charge >= 0.3 is 11.9 Å². The van der Waals surface area contributed by atoms with Crippen LogP contribution in [-0.4, -0.2) is 28.8 Å². The van der Waals surface area contributed by atoms with Crippen LogP contribution in [-0.2, 0) is 27.2 Å². The molecule has 4 rings (SSSR count). The van der Waals surface area contributed by atoms with E-state index in [1.807, 2.05) is 24.3 Å². The Morgan fingerprint density at radius 2 is 1.68 bits per heavy atom. The Kier molecular flexibility index (Phi) is 6.29. The molecule has 0 bridgehead atoms. The molecule has 0 spiro atoms. The second-order valence-corrected chi connectivity index (χ2v) is 8.22. The number of allylic oxidation sites excluding steroid dienone is 2. The molecule has 2 aliphatic carbocycles. The molecule has 0 fully saturated rings. The largest absolute Gasteiger partial charge is 0.481 e. The van der Waals surface area contributed by atoms with Crippen LogP contribution in [0.4, 0.5) is 22.0 Å². The van der Waals surface area contributed by atoms with E-state index in [0.717, 1.165) is 16.7 Å². The minimum atomic E-state index is -3.14. The highest BCUT2D eigenvalue weighted by molar-refractivity contribution is 5.78. The zero-order valence-corrected chi connectivity index (χ0v) is 17.7. The lowest BCUT2D eigenvalue weighted by atomic mass is 9.82. The molecule has 178 valence electrons. The van der Waals surface area contributed by atoms with Gasteiger partial charge in [0.25, 0.3) is 0 Å². The van der Waals surface area contributed by atoms with Crippen molar-refractivity contribution in [3.63, 3.8) is 0 Å². The van der Waals surface area contributed by atoms with E-state index >= 15 is 8.78 Å². The average molecular weight is 478 g/mol. The van der Waals surface area contributed by atoms with Gasteiger partial charge in [-0.2, -0.15) is 0 Å². The van der Waals surface area contributed by atoms with Crippen molar-refractivity contribution in [2.75, 3.05) is 0 Å². The number of carbonyl (C=O) groups is 2. The lowest BCUT2D eigenvalue weighted by molar-refractivity contribution is -0.165. The third-order valence-electron chi connectivity index (χ3n) is 6.07. The number of carboxylic acids is 1. The first-order chi connectivity index (χ1) is 16.2. The summed E-state index contributed by atoms with van der Waals surface area (Å²) in [5.41, 5.74) is 0.375. The Bertz CT molecular complexity index is 1240. The van der Waals surface area contributed by atoms with Crippen molar-refractivity contribution in [1.29, 1.82) is 0 Å². The van der Waals surface area contributed by atoms with Crippen molar-refractivity contribution < 1.29 is 41.4 Å². The van der Waals surface area contributed by atoms with Crippen molar-refractivity contribution in [1.82, 2.24) is 0 Å². The summed E-state index contributed by atoms with van der Waals surface area (Å²) in [5, 5.41) is 8.71. The van der Waals surface area contributed by atoms with Gasteiger partial charge in [-0.25, -0.2) is 22.0 Å². The molecule has 0 amide bonds. The fourth-order valence-corrected chi connectivity index (χ4v) is 4.42. The first-order valence-corrected chi connectivity index (χ1v) is 10.5. The number of halogens is 5. The van der Waals surface area contributed by atoms with Crippen molar-refractivity contribution in [3.05, 3.63) is 82.5 Å². The van der Waals surface area contributed by atoms with Crippen LogP contribution < -0.4 is 0 Å². The van der Waals surface area contributed by atoms with Gasteiger partial charge in [-0.15, -0.1) is 0 Å². The van der Waals surface area contributed by atoms with Crippen molar-refractivity contribution in [3.8, 4) is 11.1 Å². The third kappa shape index (κ3) is 3.99. The topological polar surface area (TPSA) is 63.6 Å². The van der Waals surface area contributed by atoms with Gasteiger partial charge in [0.05, 0.1) is 0 Å². The van der Waals surface area contributed by atoms with Gasteiger partial charge in [0, 0.05) is 19.3 Å². The molecule has 1 N–H and O–H groups in total. The molecule has 2 aromatic carbocycles. The molecule has 2 atom stereocenters. The highest BCUT2D eigenvalue weighted by atomic mass is 19.2. The first kappa shape index (κ1) is 23.7. The van der Waals surface area contributed by atoms with E-state index in [9.17, 15) is 22.8 Å². The molecular formula is C25H19F5O4. The predicted molar refractivity (Wildman–Crippen MR) is 112 cm³/mol. The molecule has 0 aromatic heterocycles. The van der Waals surface area contributed by atoms with E-state index in [1.54, 1.807) is 12.1 Å². The second kappa shape index (κ2) is 9.04. The number of benzene rings is 2. The number of esters is 1. The number of alkyl halides is 1. The lowest BCUT2D eigenvalue weighted by Crippen LogP contribution is -2.50. The molecule has 0 saturated carbocycles. The first-order valence-electron chi connectivity index (χ1n) is 10.5. The standard InChI is InChI=1S/C25H19F5O4/c26-20-21(27)23(29)25(24(30)22(20)28,34-19(33)10-4-9-18(31)32)12-14-6-3-8-16-15-7-2-1-5-13(15)11-17(14)16/h1-3,5-8,23H,4,9-12H2,(H,31,32). The van der Waals surface area contributed by atoms with E-state index in [0.29, 0.717) is 12.0 Å². The second-order valence-electron chi connectivity index (χ2n) is 8.22. The Balaban J connectivity index is 1.74. The minimum absolute atomic E-state index is 0.224. The summed E-state index contributed by atoms with van der Waals surface area (Å²) >= 11 is 0.